The van der Waals surface area contributed by atoms with Gasteiger partial charge in [-0.05, 0) is 45.7 Å². The maximum atomic E-state index is 12.9. The minimum Gasteiger partial charge on any atom is -0.467 e. The maximum Gasteiger partial charge on any atom is 0.410 e. The smallest absolute Gasteiger partial charge is 0.410 e. The number of ether oxygens (including phenoxy) is 2. The lowest BCUT2D eigenvalue weighted by Crippen LogP contribution is -2.56. The summed E-state index contributed by atoms with van der Waals surface area (Å²) in [5.74, 6) is 0.816. The monoisotopic (exact) mass is 560 g/mol. The molecular formula is C32H44N6O3. The van der Waals surface area contributed by atoms with Crippen molar-refractivity contribution < 1.29 is 14.3 Å². The molecule has 0 spiro atoms. The molecule has 1 fully saturated rings. The van der Waals surface area contributed by atoms with Crippen molar-refractivity contribution in [2.45, 2.75) is 72.6 Å². The number of methoxy groups -OCH3 is 1. The molecule has 0 radical (unpaired) electrons. The summed E-state index contributed by atoms with van der Waals surface area (Å²) >= 11 is 0. The summed E-state index contributed by atoms with van der Waals surface area (Å²) in [6.07, 6.45) is 6.63. The summed E-state index contributed by atoms with van der Waals surface area (Å²) in [6, 6.07) is 8.50. The first kappa shape index (κ1) is 31.5. The summed E-state index contributed by atoms with van der Waals surface area (Å²) in [7, 11) is 1.57. The van der Waals surface area contributed by atoms with Crippen molar-refractivity contribution in [1.29, 1.82) is 5.26 Å². The molecule has 0 N–H and O–H groups in total. The zero-order valence-corrected chi connectivity index (χ0v) is 25.6. The van der Waals surface area contributed by atoms with Gasteiger partial charge in [0.2, 0.25) is 0 Å². The molecule has 0 bridgehead atoms. The van der Waals surface area contributed by atoms with E-state index in [1.807, 2.05) is 53.7 Å². The van der Waals surface area contributed by atoms with Gasteiger partial charge in [-0.1, -0.05) is 50.8 Å². The first-order valence-corrected chi connectivity index (χ1v) is 14.4. The number of piperazine rings is 1. The van der Waals surface area contributed by atoms with Gasteiger partial charge in [0, 0.05) is 43.0 Å². The van der Waals surface area contributed by atoms with Crippen LogP contribution in [-0.2, 0) is 17.7 Å². The van der Waals surface area contributed by atoms with Crippen LogP contribution in [0.25, 0.3) is 12.2 Å². The molecule has 1 aromatic heterocycles. The van der Waals surface area contributed by atoms with E-state index in [9.17, 15) is 10.1 Å². The molecule has 9 heteroatoms. The van der Waals surface area contributed by atoms with Gasteiger partial charge in [0.1, 0.15) is 11.4 Å². The summed E-state index contributed by atoms with van der Waals surface area (Å²) in [5, 5.41) is 9.51. The standard InChI is InChI=1S/C30H38N6O3.C2H6/c1-7-10-23-21(8-2)11-9-12-26(23)34-16-14-24-25(20-34)32-28(38-6)33-27(24)35-17-18-36(22(19-35)13-15-31)29(37)39-30(3,4)5;1-2/h7-12,22H,2,13-14,16-20H2,1,3-6H3;1-2H3/b10-7-;. The van der Waals surface area contributed by atoms with Crippen molar-refractivity contribution in [3.05, 3.63) is 53.2 Å². The number of carbonyl (C=O) groups excluding carboxylic acids is 1. The number of allylic oxidation sites excluding steroid dienone is 1. The molecule has 1 aromatic carbocycles. The number of amides is 1. The lowest BCUT2D eigenvalue weighted by Gasteiger charge is -2.42. The number of nitrogens with zero attached hydrogens (tertiary/aromatic N) is 6. The quantitative estimate of drug-likeness (QED) is 0.419. The van der Waals surface area contributed by atoms with E-state index in [1.165, 1.54) is 0 Å². The molecule has 2 aliphatic rings. The molecule has 4 rings (SSSR count). The van der Waals surface area contributed by atoms with Crippen molar-refractivity contribution in [2.24, 2.45) is 0 Å². The van der Waals surface area contributed by atoms with E-state index in [1.54, 1.807) is 12.0 Å². The SMILES string of the molecule is C=Cc1cccc(N2CCc3c(nc(OC)nc3N3CCN(C(=O)OC(C)(C)C)C(CC#N)C3)C2)c1/C=C\C.CC. The third-order valence-electron chi connectivity index (χ3n) is 6.95. The molecule has 1 saturated heterocycles. The van der Waals surface area contributed by atoms with Gasteiger partial charge in [-0.15, -0.1) is 0 Å². The minimum absolute atomic E-state index is 0.210. The van der Waals surface area contributed by atoms with Gasteiger partial charge in [0.05, 0.1) is 37.9 Å². The van der Waals surface area contributed by atoms with Gasteiger partial charge < -0.3 is 24.2 Å². The van der Waals surface area contributed by atoms with Crippen molar-refractivity contribution in [1.82, 2.24) is 14.9 Å². The van der Waals surface area contributed by atoms with Gasteiger partial charge in [-0.2, -0.15) is 15.2 Å². The van der Waals surface area contributed by atoms with Gasteiger partial charge in [-0.25, -0.2) is 4.79 Å². The maximum absolute atomic E-state index is 12.9. The Hall–Kier alpha value is -4.06. The van der Waals surface area contributed by atoms with Crippen molar-refractivity contribution in [3.8, 4) is 12.1 Å². The molecule has 41 heavy (non-hydrogen) atoms. The third-order valence-corrected chi connectivity index (χ3v) is 6.95. The fourth-order valence-electron chi connectivity index (χ4n) is 5.21. The van der Waals surface area contributed by atoms with Crippen LogP contribution in [0.4, 0.5) is 16.3 Å². The number of aromatic nitrogens is 2. The largest absolute Gasteiger partial charge is 0.467 e. The van der Waals surface area contributed by atoms with E-state index in [0.717, 1.165) is 46.9 Å². The lowest BCUT2D eigenvalue weighted by molar-refractivity contribution is 0.0144. The minimum atomic E-state index is -0.603. The van der Waals surface area contributed by atoms with Crippen LogP contribution >= 0.6 is 0 Å². The summed E-state index contributed by atoms with van der Waals surface area (Å²) < 4.78 is 11.1. The van der Waals surface area contributed by atoms with Crippen molar-refractivity contribution in [2.75, 3.05) is 43.1 Å². The molecule has 9 nitrogen and oxygen atoms in total. The molecule has 1 unspecified atom stereocenters. The molecule has 2 aromatic rings. The molecule has 1 atom stereocenters. The number of nitriles is 1. The Bertz CT molecular complexity index is 1290. The van der Waals surface area contributed by atoms with Crippen LogP contribution in [0.1, 0.15) is 70.3 Å². The number of benzene rings is 1. The van der Waals surface area contributed by atoms with Gasteiger partial charge >= 0.3 is 12.1 Å². The molecule has 3 heterocycles. The average molecular weight is 561 g/mol. The molecular weight excluding hydrogens is 516 g/mol. The van der Waals surface area contributed by atoms with Gasteiger partial charge in [0.25, 0.3) is 0 Å². The molecule has 220 valence electrons. The second-order valence-electron chi connectivity index (χ2n) is 10.8. The molecule has 0 aliphatic carbocycles. The Kier molecular flexibility index (Phi) is 10.8. The molecule has 1 amide bonds. The predicted molar refractivity (Wildman–Crippen MR) is 165 cm³/mol. The van der Waals surface area contributed by atoms with E-state index in [4.69, 9.17) is 19.4 Å². The van der Waals surface area contributed by atoms with Gasteiger partial charge in [-0.3, -0.25) is 0 Å². The van der Waals surface area contributed by atoms with Crippen LogP contribution in [0, 0.1) is 11.3 Å². The van der Waals surface area contributed by atoms with Crippen molar-refractivity contribution in [3.63, 3.8) is 0 Å². The topological polar surface area (TPSA) is 94.8 Å². The lowest BCUT2D eigenvalue weighted by atomic mass is 9.99. The van der Waals surface area contributed by atoms with E-state index >= 15 is 0 Å². The van der Waals surface area contributed by atoms with Crippen LogP contribution in [0.15, 0.2) is 30.9 Å². The number of anilines is 2. The van der Waals surface area contributed by atoms with Crippen LogP contribution in [0.3, 0.4) is 0 Å². The van der Waals surface area contributed by atoms with Gasteiger partial charge in [0.15, 0.2) is 0 Å². The number of fused-ring (bicyclic) bond motifs is 1. The highest BCUT2D eigenvalue weighted by atomic mass is 16.6. The fraction of sp³-hybridized carbons (Fsp3) is 0.500. The molecule has 0 saturated carbocycles. The van der Waals surface area contributed by atoms with Crippen LogP contribution in [0.2, 0.25) is 0 Å². The Balaban J connectivity index is 0.00000226. The number of hydrogen-bond acceptors (Lipinski definition) is 8. The first-order valence-electron chi connectivity index (χ1n) is 14.4. The normalized spacial score (nSPS) is 16.8. The summed E-state index contributed by atoms with van der Waals surface area (Å²) in [6.45, 7) is 18.5. The summed E-state index contributed by atoms with van der Waals surface area (Å²) in [5.41, 5.74) is 4.76. The van der Waals surface area contributed by atoms with E-state index in [0.29, 0.717) is 32.2 Å². The Labute approximate surface area is 245 Å². The third kappa shape index (κ3) is 7.37. The van der Waals surface area contributed by atoms with Crippen molar-refractivity contribution >= 4 is 29.8 Å². The average Bonchev–Trinajstić information content (AvgIpc) is 2.96. The predicted octanol–water partition coefficient (Wildman–Crippen LogP) is 6.09. The number of rotatable bonds is 6. The Morgan fingerprint density at radius 3 is 2.59 bits per heavy atom. The highest BCUT2D eigenvalue weighted by Gasteiger charge is 2.36. The zero-order valence-electron chi connectivity index (χ0n) is 25.6. The summed E-state index contributed by atoms with van der Waals surface area (Å²) in [4.78, 5) is 28.5. The van der Waals surface area contributed by atoms with E-state index in [-0.39, 0.29) is 18.6 Å². The second-order valence-corrected chi connectivity index (χ2v) is 10.8. The first-order chi connectivity index (χ1) is 19.7. The molecule has 2 aliphatic heterocycles. The Morgan fingerprint density at radius 1 is 1.20 bits per heavy atom. The number of carbonyl (C=O) groups is 1. The number of hydrogen-bond donors (Lipinski definition) is 0. The zero-order chi connectivity index (χ0) is 30.2. The van der Waals surface area contributed by atoms with E-state index in [2.05, 4.69) is 46.7 Å². The van der Waals surface area contributed by atoms with Crippen LogP contribution in [-0.4, -0.2) is 65.9 Å². The fourth-order valence-corrected chi connectivity index (χ4v) is 5.21. The highest BCUT2D eigenvalue weighted by molar-refractivity contribution is 5.76. The van der Waals surface area contributed by atoms with Crippen LogP contribution < -0.4 is 14.5 Å². The second kappa shape index (κ2) is 14.0. The Morgan fingerprint density at radius 2 is 1.95 bits per heavy atom. The van der Waals surface area contributed by atoms with E-state index < -0.39 is 5.60 Å². The highest BCUT2D eigenvalue weighted by Crippen LogP contribution is 2.34. The van der Waals surface area contributed by atoms with Crippen LogP contribution in [0.5, 0.6) is 6.01 Å².